The van der Waals surface area contributed by atoms with E-state index >= 15 is 0 Å². The molecule has 0 aliphatic rings. The van der Waals surface area contributed by atoms with Crippen molar-refractivity contribution in [2.75, 3.05) is 24.6 Å². The maximum Gasteiger partial charge on any atom is 0.407 e. The van der Waals surface area contributed by atoms with Crippen LogP contribution in [0.1, 0.15) is 40.5 Å². The van der Waals surface area contributed by atoms with E-state index in [0.29, 0.717) is 19.5 Å². The molecule has 0 radical (unpaired) electrons. The Morgan fingerprint density at radius 1 is 1.05 bits per heavy atom. The average molecular weight is 322 g/mol. The Labute approximate surface area is 129 Å². The van der Waals surface area contributed by atoms with Gasteiger partial charge in [0.05, 0.1) is 0 Å². The molecule has 0 fully saturated rings. The van der Waals surface area contributed by atoms with Crippen molar-refractivity contribution in [1.82, 2.24) is 10.6 Å². The Hall–Kier alpha value is -0.560. The number of nitrogens with one attached hydrogen (secondary N) is 2. The van der Waals surface area contributed by atoms with Crippen molar-refractivity contribution in [3.05, 3.63) is 0 Å². The smallest absolute Gasteiger partial charge is 0.407 e. The number of alkyl carbamates (subject to hydrolysis) is 1. The first-order chi connectivity index (χ1) is 9.35. The first kappa shape index (κ1) is 19.4. The molecule has 0 rings (SSSR count). The molecule has 0 atom stereocenters. The molecule has 0 aliphatic carbocycles. The quantitative estimate of drug-likeness (QED) is 0.505. The third kappa shape index (κ3) is 13.9. The molecule has 118 valence electrons. The predicted octanol–water partition coefficient (Wildman–Crippen LogP) is 2.81. The van der Waals surface area contributed by atoms with E-state index in [9.17, 15) is 9.59 Å². The van der Waals surface area contributed by atoms with Gasteiger partial charge in [-0.3, -0.25) is 4.79 Å². The van der Waals surface area contributed by atoms with Crippen LogP contribution in [-0.4, -0.2) is 42.2 Å². The van der Waals surface area contributed by atoms with Gasteiger partial charge in [0.1, 0.15) is 5.60 Å². The lowest BCUT2D eigenvalue weighted by atomic mass is 10.2. The number of carbonyl (C=O) groups excluding carboxylic acids is 2. The van der Waals surface area contributed by atoms with Gasteiger partial charge in [0.15, 0.2) is 0 Å². The highest BCUT2D eigenvalue weighted by Crippen LogP contribution is 2.19. The topological polar surface area (TPSA) is 67.4 Å². The highest BCUT2D eigenvalue weighted by molar-refractivity contribution is 8.76. The Morgan fingerprint density at radius 3 is 2.10 bits per heavy atom. The molecule has 0 aromatic rings. The SMILES string of the molecule is CCCC(=O)NCCSSCCNC(=O)OC(C)(C)C. The molecule has 0 aliphatic heterocycles. The average Bonchev–Trinajstić information content (AvgIpc) is 2.30. The Kier molecular flexibility index (Phi) is 10.8. The van der Waals surface area contributed by atoms with Crippen molar-refractivity contribution in [2.45, 2.75) is 46.1 Å². The van der Waals surface area contributed by atoms with E-state index in [2.05, 4.69) is 10.6 Å². The summed E-state index contributed by atoms with van der Waals surface area (Å²) >= 11 is 0. The summed E-state index contributed by atoms with van der Waals surface area (Å²) in [6.45, 7) is 8.77. The van der Waals surface area contributed by atoms with Crippen LogP contribution >= 0.6 is 21.6 Å². The van der Waals surface area contributed by atoms with Crippen LogP contribution in [0.5, 0.6) is 0 Å². The van der Waals surface area contributed by atoms with Crippen LogP contribution in [-0.2, 0) is 9.53 Å². The summed E-state index contributed by atoms with van der Waals surface area (Å²) in [4.78, 5) is 22.5. The molecule has 2 amide bonds. The molecule has 0 saturated carbocycles. The van der Waals surface area contributed by atoms with Crippen molar-refractivity contribution in [2.24, 2.45) is 0 Å². The standard InChI is InChI=1S/C13H26N2O3S2/c1-5-6-11(16)14-7-9-19-20-10-8-15-12(17)18-13(2,3)4/h5-10H2,1-4H3,(H,14,16)(H,15,17). The summed E-state index contributed by atoms with van der Waals surface area (Å²) in [5.74, 6) is 1.80. The lowest BCUT2D eigenvalue weighted by molar-refractivity contribution is -0.120. The molecular formula is C13H26N2O3S2. The number of hydrogen-bond acceptors (Lipinski definition) is 5. The number of ether oxygens (including phenoxy) is 1. The zero-order valence-corrected chi connectivity index (χ0v) is 14.4. The second kappa shape index (κ2) is 11.1. The molecule has 0 unspecified atom stereocenters. The van der Waals surface area contributed by atoms with E-state index in [0.717, 1.165) is 17.9 Å². The number of carbonyl (C=O) groups is 2. The van der Waals surface area contributed by atoms with Crippen molar-refractivity contribution in [3.63, 3.8) is 0 Å². The number of hydrogen-bond donors (Lipinski definition) is 2. The highest BCUT2D eigenvalue weighted by Gasteiger charge is 2.15. The highest BCUT2D eigenvalue weighted by atomic mass is 33.1. The Morgan fingerprint density at radius 2 is 1.60 bits per heavy atom. The maximum atomic E-state index is 11.3. The van der Waals surface area contributed by atoms with Crippen LogP contribution in [0, 0.1) is 0 Å². The first-order valence-electron chi connectivity index (χ1n) is 6.83. The van der Waals surface area contributed by atoms with Gasteiger partial charge in [0.25, 0.3) is 0 Å². The second-order valence-corrected chi connectivity index (χ2v) is 7.87. The Balaban J connectivity index is 3.33. The summed E-state index contributed by atoms with van der Waals surface area (Å²) < 4.78 is 5.12. The normalized spacial score (nSPS) is 11.0. The van der Waals surface area contributed by atoms with Gasteiger partial charge in [-0.05, 0) is 27.2 Å². The molecule has 0 spiro atoms. The van der Waals surface area contributed by atoms with Gasteiger partial charge in [0.2, 0.25) is 5.91 Å². The van der Waals surface area contributed by atoms with Crippen LogP contribution < -0.4 is 10.6 Å². The molecule has 0 aromatic carbocycles. The zero-order chi connectivity index (χ0) is 15.4. The zero-order valence-electron chi connectivity index (χ0n) is 12.8. The van der Waals surface area contributed by atoms with Crippen LogP contribution in [0.3, 0.4) is 0 Å². The van der Waals surface area contributed by atoms with Crippen LogP contribution in [0.25, 0.3) is 0 Å². The second-order valence-electron chi connectivity index (χ2n) is 5.17. The molecule has 0 bridgehead atoms. The first-order valence-corrected chi connectivity index (χ1v) is 9.32. The van der Waals surface area contributed by atoms with Crippen molar-refractivity contribution >= 4 is 33.6 Å². The van der Waals surface area contributed by atoms with Crippen molar-refractivity contribution in [1.29, 1.82) is 0 Å². The van der Waals surface area contributed by atoms with E-state index in [1.165, 1.54) is 0 Å². The van der Waals surface area contributed by atoms with Gasteiger partial charge in [-0.2, -0.15) is 0 Å². The van der Waals surface area contributed by atoms with E-state index in [1.54, 1.807) is 21.6 Å². The largest absolute Gasteiger partial charge is 0.444 e. The van der Waals surface area contributed by atoms with Gasteiger partial charge in [-0.25, -0.2) is 4.79 Å². The lowest BCUT2D eigenvalue weighted by Crippen LogP contribution is -2.33. The number of amides is 2. The van der Waals surface area contributed by atoms with Gasteiger partial charge in [-0.1, -0.05) is 28.5 Å². The fourth-order valence-electron chi connectivity index (χ4n) is 1.17. The van der Waals surface area contributed by atoms with Crippen LogP contribution in [0.4, 0.5) is 4.79 Å². The van der Waals surface area contributed by atoms with E-state index in [4.69, 9.17) is 4.74 Å². The van der Waals surface area contributed by atoms with E-state index in [-0.39, 0.29) is 12.0 Å². The third-order valence-electron chi connectivity index (χ3n) is 1.92. The van der Waals surface area contributed by atoms with Crippen molar-refractivity contribution < 1.29 is 14.3 Å². The lowest BCUT2D eigenvalue weighted by Gasteiger charge is -2.19. The van der Waals surface area contributed by atoms with Crippen LogP contribution in [0.2, 0.25) is 0 Å². The molecule has 7 heteroatoms. The summed E-state index contributed by atoms with van der Waals surface area (Å²) in [5.41, 5.74) is -0.456. The predicted molar refractivity (Wildman–Crippen MR) is 87.1 cm³/mol. The molecule has 2 N–H and O–H groups in total. The minimum Gasteiger partial charge on any atom is -0.444 e. The minimum absolute atomic E-state index is 0.115. The molecule has 0 heterocycles. The summed E-state index contributed by atoms with van der Waals surface area (Å²) in [7, 11) is 3.36. The van der Waals surface area contributed by atoms with E-state index in [1.807, 2.05) is 27.7 Å². The summed E-state index contributed by atoms with van der Waals surface area (Å²) in [6, 6.07) is 0. The molecule has 0 aromatic heterocycles. The summed E-state index contributed by atoms with van der Waals surface area (Å²) in [5, 5.41) is 5.56. The summed E-state index contributed by atoms with van der Waals surface area (Å²) in [6.07, 6.45) is 1.09. The van der Waals surface area contributed by atoms with Crippen LogP contribution in [0.15, 0.2) is 0 Å². The molecule has 5 nitrogen and oxygen atoms in total. The van der Waals surface area contributed by atoms with Gasteiger partial charge < -0.3 is 15.4 Å². The van der Waals surface area contributed by atoms with Crippen molar-refractivity contribution in [3.8, 4) is 0 Å². The maximum absolute atomic E-state index is 11.3. The monoisotopic (exact) mass is 322 g/mol. The van der Waals surface area contributed by atoms with Gasteiger partial charge >= 0.3 is 6.09 Å². The fraction of sp³-hybridized carbons (Fsp3) is 0.846. The third-order valence-corrected chi connectivity index (χ3v) is 4.33. The fourth-order valence-corrected chi connectivity index (χ4v) is 2.99. The Bertz CT molecular complexity index is 294. The van der Waals surface area contributed by atoms with Gasteiger partial charge in [0, 0.05) is 31.0 Å². The molecule has 0 saturated heterocycles. The number of rotatable bonds is 9. The van der Waals surface area contributed by atoms with Gasteiger partial charge in [-0.15, -0.1) is 0 Å². The van der Waals surface area contributed by atoms with E-state index < -0.39 is 5.60 Å². The molecule has 20 heavy (non-hydrogen) atoms. The molecular weight excluding hydrogens is 296 g/mol. The minimum atomic E-state index is -0.456.